The summed E-state index contributed by atoms with van der Waals surface area (Å²) < 4.78 is 0. The molecule has 0 aliphatic carbocycles. The highest BCUT2D eigenvalue weighted by Crippen LogP contribution is 2.32. The number of carbonyl (C=O) groups excluding carboxylic acids is 1. The number of piperidine rings is 1. The predicted octanol–water partition coefficient (Wildman–Crippen LogP) is 3.50. The van der Waals surface area contributed by atoms with E-state index in [0.717, 1.165) is 18.6 Å². The van der Waals surface area contributed by atoms with Gasteiger partial charge in [-0.2, -0.15) is 0 Å². The van der Waals surface area contributed by atoms with E-state index >= 15 is 0 Å². The largest absolute Gasteiger partial charge is 0.437 e. The molecule has 2 fully saturated rings. The number of hydrogen-bond acceptors (Lipinski definition) is 4. The van der Waals surface area contributed by atoms with E-state index in [1.165, 1.54) is 12.8 Å². The smallest absolute Gasteiger partial charge is 0.300 e. The molecular formula is C15H18ClN3O2. The molecule has 0 aromatic heterocycles. The lowest BCUT2D eigenvalue weighted by molar-refractivity contribution is 0.162. The standard InChI is InChI=1S/C15H18ClN3O2/c1-19-13-5-6-14(19)9-12(8-13)18-21-15(20)17-11-4-2-3-10(16)7-11/h2-4,7,13-14H,5-6,8-9H2,1H3,(H,17,20). The van der Waals surface area contributed by atoms with Crippen molar-refractivity contribution in [1.29, 1.82) is 0 Å². The molecule has 2 aliphatic heterocycles. The van der Waals surface area contributed by atoms with Gasteiger partial charge in [-0.3, -0.25) is 15.1 Å². The van der Waals surface area contributed by atoms with Gasteiger partial charge < -0.3 is 0 Å². The van der Waals surface area contributed by atoms with E-state index in [2.05, 4.69) is 22.4 Å². The Bertz CT molecular complexity index is 560. The molecule has 3 rings (SSSR count). The molecule has 6 heteroatoms. The van der Waals surface area contributed by atoms with Crippen LogP contribution in [0.4, 0.5) is 10.5 Å². The van der Waals surface area contributed by atoms with Crippen LogP contribution in [0, 0.1) is 0 Å². The maximum absolute atomic E-state index is 11.7. The van der Waals surface area contributed by atoms with Crippen molar-refractivity contribution in [3.63, 3.8) is 0 Å². The summed E-state index contributed by atoms with van der Waals surface area (Å²) in [5, 5.41) is 7.19. The molecule has 1 amide bonds. The Hall–Kier alpha value is -1.59. The first-order chi connectivity index (χ1) is 10.1. The normalized spacial score (nSPS) is 24.8. The zero-order valence-corrected chi connectivity index (χ0v) is 12.6. The molecular weight excluding hydrogens is 290 g/mol. The van der Waals surface area contributed by atoms with E-state index in [1.807, 2.05) is 0 Å². The van der Waals surface area contributed by atoms with Crippen LogP contribution in [0.3, 0.4) is 0 Å². The lowest BCUT2D eigenvalue weighted by Crippen LogP contribution is -2.40. The van der Waals surface area contributed by atoms with Crippen molar-refractivity contribution in [2.45, 2.75) is 37.8 Å². The topological polar surface area (TPSA) is 53.9 Å². The number of oxime groups is 1. The summed E-state index contributed by atoms with van der Waals surface area (Å²) in [5.74, 6) is 0. The summed E-state index contributed by atoms with van der Waals surface area (Å²) in [6.45, 7) is 0. The van der Waals surface area contributed by atoms with Crippen molar-refractivity contribution < 1.29 is 9.63 Å². The SMILES string of the molecule is CN1C2CCC1CC(=NOC(=O)Nc1cccc(Cl)c1)C2. The lowest BCUT2D eigenvalue weighted by atomic mass is 10.0. The third-order valence-electron chi connectivity index (χ3n) is 4.26. The van der Waals surface area contributed by atoms with Crippen LogP contribution in [0.1, 0.15) is 25.7 Å². The summed E-state index contributed by atoms with van der Waals surface area (Å²) >= 11 is 5.86. The molecule has 2 atom stereocenters. The Morgan fingerprint density at radius 1 is 1.38 bits per heavy atom. The number of nitrogens with zero attached hydrogens (tertiary/aromatic N) is 2. The molecule has 112 valence electrons. The van der Waals surface area contributed by atoms with E-state index in [4.69, 9.17) is 16.4 Å². The molecule has 5 nitrogen and oxygen atoms in total. The average molecular weight is 308 g/mol. The number of halogens is 1. The van der Waals surface area contributed by atoms with E-state index < -0.39 is 6.09 Å². The summed E-state index contributed by atoms with van der Waals surface area (Å²) in [7, 11) is 2.16. The number of carbonyl (C=O) groups is 1. The van der Waals surface area contributed by atoms with Crippen LogP contribution in [0.25, 0.3) is 0 Å². The van der Waals surface area contributed by atoms with Gasteiger partial charge in [-0.05, 0) is 38.1 Å². The second-order valence-electron chi connectivity index (χ2n) is 5.63. The third-order valence-corrected chi connectivity index (χ3v) is 4.49. The second-order valence-corrected chi connectivity index (χ2v) is 6.07. The minimum absolute atomic E-state index is 0.544. The van der Waals surface area contributed by atoms with Crippen molar-refractivity contribution in [2.24, 2.45) is 5.16 Å². The molecule has 0 radical (unpaired) electrons. The van der Waals surface area contributed by atoms with Gasteiger partial charge >= 0.3 is 6.09 Å². The van der Waals surface area contributed by atoms with Crippen LogP contribution >= 0.6 is 11.6 Å². The zero-order valence-electron chi connectivity index (χ0n) is 11.9. The number of fused-ring (bicyclic) bond motifs is 2. The fraction of sp³-hybridized carbons (Fsp3) is 0.467. The van der Waals surface area contributed by atoms with Crippen LogP contribution in [-0.4, -0.2) is 35.8 Å². The predicted molar refractivity (Wildman–Crippen MR) is 82.8 cm³/mol. The Labute approximate surface area is 128 Å². The summed E-state index contributed by atoms with van der Waals surface area (Å²) in [5.41, 5.74) is 1.57. The molecule has 2 bridgehead atoms. The molecule has 1 N–H and O–H groups in total. The molecule has 0 spiro atoms. The summed E-state index contributed by atoms with van der Waals surface area (Å²) in [6, 6.07) is 8.00. The fourth-order valence-corrected chi connectivity index (χ4v) is 3.29. The van der Waals surface area contributed by atoms with Crippen LogP contribution < -0.4 is 5.32 Å². The van der Waals surface area contributed by atoms with Crippen LogP contribution in [0.15, 0.2) is 29.4 Å². The van der Waals surface area contributed by atoms with Crippen LogP contribution in [0.5, 0.6) is 0 Å². The summed E-state index contributed by atoms with van der Waals surface area (Å²) in [6.07, 6.45) is 3.59. The van der Waals surface area contributed by atoms with Gasteiger partial charge in [0.25, 0.3) is 0 Å². The monoisotopic (exact) mass is 307 g/mol. The first kappa shape index (κ1) is 14.4. The lowest BCUT2D eigenvalue weighted by Gasteiger charge is -2.31. The van der Waals surface area contributed by atoms with Crippen molar-refractivity contribution in [3.05, 3.63) is 29.3 Å². The average Bonchev–Trinajstić information content (AvgIpc) is 2.68. The van der Waals surface area contributed by atoms with Crippen LogP contribution in [-0.2, 0) is 4.84 Å². The third kappa shape index (κ3) is 3.36. The van der Waals surface area contributed by atoms with E-state index in [-0.39, 0.29) is 0 Å². The number of nitrogens with one attached hydrogen (secondary N) is 1. The highest BCUT2D eigenvalue weighted by atomic mass is 35.5. The van der Waals surface area contributed by atoms with Gasteiger partial charge in [0, 0.05) is 35.6 Å². The minimum atomic E-state index is -0.587. The fourth-order valence-electron chi connectivity index (χ4n) is 3.10. The number of amides is 1. The first-order valence-corrected chi connectivity index (χ1v) is 7.51. The maximum Gasteiger partial charge on any atom is 0.437 e. The Balaban J connectivity index is 1.55. The van der Waals surface area contributed by atoms with Crippen molar-refractivity contribution in [2.75, 3.05) is 12.4 Å². The zero-order chi connectivity index (χ0) is 14.8. The Morgan fingerprint density at radius 2 is 2.10 bits per heavy atom. The molecule has 0 saturated carbocycles. The molecule has 2 unspecified atom stereocenters. The van der Waals surface area contributed by atoms with E-state index in [1.54, 1.807) is 24.3 Å². The molecule has 21 heavy (non-hydrogen) atoms. The Kier molecular flexibility index (Phi) is 4.12. The summed E-state index contributed by atoms with van der Waals surface area (Å²) in [4.78, 5) is 19.1. The van der Waals surface area contributed by atoms with Gasteiger partial charge in [0.05, 0.1) is 5.71 Å². The second kappa shape index (κ2) is 6.03. The Morgan fingerprint density at radius 3 is 2.76 bits per heavy atom. The van der Waals surface area contributed by atoms with Crippen LogP contribution in [0.2, 0.25) is 5.02 Å². The van der Waals surface area contributed by atoms with Gasteiger partial charge in [0.1, 0.15) is 0 Å². The van der Waals surface area contributed by atoms with Gasteiger partial charge in [0.2, 0.25) is 0 Å². The van der Waals surface area contributed by atoms with Crippen molar-refractivity contribution in [1.82, 2.24) is 4.90 Å². The maximum atomic E-state index is 11.7. The van der Waals surface area contributed by atoms with Gasteiger partial charge in [-0.1, -0.05) is 22.8 Å². The van der Waals surface area contributed by atoms with E-state index in [9.17, 15) is 4.79 Å². The van der Waals surface area contributed by atoms with Crippen molar-refractivity contribution >= 4 is 29.1 Å². The number of hydrogen-bond donors (Lipinski definition) is 1. The number of anilines is 1. The highest BCUT2D eigenvalue weighted by Gasteiger charge is 2.36. The van der Waals surface area contributed by atoms with Gasteiger partial charge in [-0.25, -0.2) is 4.79 Å². The van der Waals surface area contributed by atoms with E-state index in [0.29, 0.717) is 22.8 Å². The number of rotatable bonds is 2. The molecule has 1 aromatic carbocycles. The molecule has 1 aromatic rings. The molecule has 2 saturated heterocycles. The molecule has 2 heterocycles. The highest BCUT2D eigenvalue weighted by molar-refractivity contribution is 6.30. The van der Waals surface area contributed by atoms with Crippen molar-refractivity contribution in [3.8, 4) is 0 Å². The quantitative estimate of drug-likeness (QED) is 0.672. The first-order valence-electron chi connectivity index (χ1n) is 7.13. The van der Waals surface area contributed by atoms with Gasteiger partial charge in [0.15, 0.2) is 0 Å². The minimum Gasteiger partial charge on any atom is -0.300 e. The van der Waals surface area contributed by atoms with Gasteiger partial charge in [-0.15, -0.1) is 0 Å². The molecule has 2 aliphatic rings. The number of benzene rings is 1.